The fourth-order valence-electron chi connectivity index (χ4n) is 2.24. The van der Waals surface area contributed by atoms with Gasteiger partial charge in [0, 0.05) is 19.2 Å². The Hall–Kier alpha value is -3.16. The van der Waals surface area contributed by atoms with Crippen molar-refractivity contribution in [3.8, 4) is 5.75 Å². The van der Waals surface area contributed by atoms with Crippen LogP contribution in [0, 0.1) is 0 Å². The average Bonchev–Trinajstić information content (AvgIpc) is 2.57. The van der Waals surface area contributed by atoms with Crippen LogP contribution in [-0.4, -0.2) is 41.7 Å². The Bertz CT molecular complexity index is 782. The second-order valence-corrected chi connectivity index (χ2v) is 4.86. The molecule has 0 bridgehead atoms. The molecule has 1 aliphatic heterocycles. The van der Waals surface area contributed by atoms with Gasteiger partial charge in [-0.15, -0.1) is 0 Å². The van der Waals surface area contributed by atoms with Gasteiger partial charge >= 0.3 is 0 Å². The number of aromatic amines is 1. The van der Waals surface area contributed by atoms with E-state index in [1.165, 1.54) is 12.1 Å². The van der Waals surface area contributed by atoms with E-state index in [0.29, 0.717) is 18.0 Å². The van der Waals surface area contributed by atoms with Crippen LogP contribution in [0.25, 0.3) is 0 Å². The minimum Gasteiger partial charge on any atom is -0.482 e. The lowest BCUT2D eigenvalue weighted by molar-refractivity contribution is -0.121. The van der Waals surface area contributed by atoms with Crippen LogP contribution >= 0.6 is 0 Å². The number of aromatic nitrogens is 2. The van der Waals surface area contributed by atoms with Crippen molar-refractivity contribution >= 4 is 17.5 Å². The fraction of sp³-hybridized carbons (Fsp3) is 0.200. The molecule has 0 spiro atoms. The number of hydrogen-bond donors (Lipinski definition) is 2. The molecular formula is C15H14N4O4. The van der Waals surface area contributed by atoms with E-state index in [0.717, 1.165) is 0 Å². The summed E-state index contributed by atoms with van der Waals surface area (Å²) in [6.45, 7) is 0.542. The van der Waals surface area contributed by atoms with Gasteiger partial charge in [0.1, 0.15) is 11.4 Å². The lowest BCUT2D eigenvalue weighted by Crippen LogP contribution is -2.43. The zero-order valence-electron chi connectivity index (χ0n) is 12.1. The van der Waals surface area contributed by atoms with Gasteiger partial charge in [-0.05, 0) is 18.2 Å². The van der Waals surface area contributed by atoms with Crippen molar-refractivity contribution in [3.05, 3.63) is 52.4 Å². The molecule has 1 aromatic carbocycles. The Kier molecular flexibility index (Phi) is 4.05. The Morgan fingerprint density at radius 1 is 1.26 bits per heavy atom. The second kappa shape index (κ2) is 6.30. The molecule has 2 aromatic rings. The Morgan fingerprint density at radius 2 is 2.09 bits per heavy atom. The van der Waals surface area contributed by atoms with E-state index in [2.05, 4.69) is 15.5 Å². The standard InChI is InChI=1S/C15H14N4O4/c20-13-6-5-10(17-18-13)15(22)16-7-8-19-11-3-1-2-4-12(11)23-9-14(19)21/h1-6H,7-9H2,(H,16,22)(H,18,20). The molecule has 0 radical (unpaired) electrons. The summed E-state index contributed by atoms with van der Waals surface area (Å²) in [5.74, 6) is 0.0519. The molecule has 2 amide bonds. The van der Waals surface area contributed by atoms with E-state index in [-0.39, 0.29) is 30.3 Å². The monoisotopic (exact) mass is 314 g/mol. The van der Waals surface area contributed by atoms with E-state index in [9.17, 15) is 14.4 Å². The zero-order chi connectivity index (χ0) is 16.2. The predicted octanol–water partition coefficient (Wildman–Crippen LogP) is -0.0747. The van der Waals surface area contributed by atoms with Crippen LogP contribution in [0.1, 0.15) is 10.5 Å². The third-order valence-electron chi connectivity index (χ3n) is 3.34. The van der Waals surface area contributed by atoms with Crippen molar-refractivity contribution in [1.82, 2.24) is 15.5 Å². The largest absolute Gasteiger partial charge is 0.482 e. The van der Waals surface area contributed by atoms with Crippen LogP contribution in [0.3, 0.4) is 0 Å². The first-order valence-electron chi connectivity index (χ1n) is 7.01. The predicted molar refractivity (Wildman–Crippen MR) is 81.5 cm³/mol. The summed E-state index contributed by atoms with van der Waals surface area (Å²) in [4.78, 5) is 36.4. The zero-order valence-corrected chi connectivity index (χ0v) is 12.1. The van der Waals surface area contributed by atoms with Crippen molar-refractivity contribution in [3.63, 3.8) is 0 Å². The maximum atomic E-state index is 12.0. The normalized spacial score (nSPS) is 13.2. The maximum absolute atomic E-state index is 12.0. The number of ether oxygens (including phenoxy) is 1. The van der Waals surface area contributed by atoms with Crippen LogP contribution in [0.4, 0.5) is 5.69 Å². The lowest BCUT2D eigenvalue weighted by Gasteiger charge is -2.29. The molecule has 0 unspecified atom stereocenters. The Labute approximate surface area is 131 Å². The highest BCUT2D eigenvalue weighted by atomic mass is 16.5. The molecule has 0 saturated carbocycles. The lowest BCUT2D eigenvalue weighted by atomic mass is 10.2. The number of para-hydroxylation sites is 2. The Balaban J connectivity index is 1.62. The molecule has 118 valence electrons. The quantitative estimate of drug-likeness (QED) is 0.822. The highest BCUT2D eigenvalue weighted by molar-refractivity contribution is 5.98. The van der Waals surface area contributed by atoms with E-state index in [1.807, 2.05) is 12.1 Å². The third-order valence-corrected chi connectivity index (χ3v) is 3.34. The molecule has 1 aromatic heterocycles. The molecule has 23 heavy (non-hydrogen) atoms. The van der Waals surface area contributed by atoms with Crippen LogP contribution in [0.15, 0.2) is 41.2 Å². The minimum absolute atomic E-state index is 0.0214. The summed E-state index contributed by atoms with van der Waals surface area (Å²) in [5, 5.41) is 8.50. The number of rotatable bonds is 4. The van der Waals surface area contributed by atoms with E-state index in [4.69, 9.17) is 4.74 Å². The van der Waals surface area contributed by atoms with Crippen LogP contribution < -0.4 is 20.5 Å². The molecule has 2 N–H and O–H groups in total. The first-order chi connectivity index (χ1) is 11.1. The fourth-order valence-corrected chi connectivity index (χ4v) is 2.24. The molecule has 8 heteroatoms. The van der Waals surface area contributed by atoms with Crippen LogP contribution in [0.5, 0.6) is 5.75 Å². The number of carbonyl (C=O) groups excluding carboxylic acids is 2. The summed E-state index contributed by atoms with van der Waals surface area (Å²) in [6.07, 6.45) is 0. The summed E-state index contributed by atoms with van der Waals surface area (Å²) in [7, 11) is 0. The van der Waals surface area contributed by atoms with Crippen LogP contribution in [0.2, 0.25) is 0 Å². The second-order valence-electron chi connectivity index (χ2n) is 4.86. The van der Waals surface area contributed by atoms with Gasteiger partial charge in [0.25, 0.3) is 17.4 Å². The van der Waals surface area contributed by atoms with E-state index in [1.54, 1.807) is 17.0 Å². The minimum atomic E-state index is -0.421. The number of benzene rings is 1. The van der Waals surface area contributed by atoms with Gasteiger partial charge in [-0.2, -0.15) is 5.10 Å². The summed E-state index contributed by atoms with van der Waals surface area (Å²) >= 11 is 0. The average molecular weight is 314 g/mol. The molecule has 0 fully saturated rings. The SMILES string of the molecule is O=C(NCCN1C(=O)COc2ccccc21)c1ccc(=O)[nH]n1. The Morgan fingerprint density at radius 3 is 2.87 bits per heavy atom. The maximum Gasteiger partial charge on any atom is 0.271 e. The smallest absolute Gasteiger partial charge is 0.271 e. The number of hydrogen-bond acceptors (Lipinski definition) is 5. The molecule has 2 heterocycles. The topological polar surface area (TPSA) is 104 Å². The number of nitrogens with one attached hydrogen (secondary N) is 2. The molecule has 0 atom stereocenters. The van der Waals surface area contributed by atoms with Crippen molar-refractivity contribution in [2.24, 2.45) is 0 Å². The molecule has 0 aliphatic carbocycles. The van der Waals surface area contributed by atoms with Gasteiger partial charge in [-0.1, -0.05) is 12.1 Å². The molecule has 3 rings (SSSR count). The number of nitrogens with zero attached hydrogens (tertiary/aromatic N) is 2. The first-order valence-corrected chi connectivity index (χ1v) is 7.01. The number of carbonyl (C=O) groups is 2. The summed E-state index contributed by atoms with van der Waals surface area (Å²) < 4.78 is 5.35. The number of anilines is 1. The van der Waals surface area contributed by atoms with Gasteiger partial charge in [-0.3, -0.25) is 14.4 Å². The highest BCUT2D eigenvalue weighted by Gasteiger charge is 2.24. The number of amides is 2. The summed E-state index contributed by atoms with van der Waals surface area (Å²) in [6, 6.07) is 9.79. The first kappa shape index (κ1) is 14.8. The van der Waals surface area contributed by atoms with Crippen molar-refractivity contribution in [2.75, 3.05) is 24.6 Å². The molecular weight excluding hydrogens is 300 g/mol. The number of fused-ring (bicyclic) bond motifs is 1. The van der Waals surface area contributed by atoms with Crippen LogP contribution in [-0.2, 0) is 4.79 Å². The third kappa shape index (κ3) is 3.20. The van der Waals surface area contributed by atoms with E-state index >= 15 is 0 Å². The molecule has 8 nitrogen and oxygen atoms in total. The number of H-pyrrole nitrogens is 1. The molecule has 1 aliphatic rings. The summed E-state index contributed by atoms with van der Waals surface area (Å²) in [5.41, 5.74) is 0.413. The van der Waals surface area contributed by atoms with E-state index < -0.39 is 5.91 Å². The van der Waals surface area contributed by atoms with Crippen molar-refractivity contribution in [2.45, 2.75) is 0 Å². The van der Waals surface area contributed by atoms with Gasteiger partial charge in [-0.25, -0.2) is 5.10 Å². The highest BCUT2D eigenvalue weighted by Crippen LogP contribution is 2.30. The van der Waals surface area contributed by atoms with Crippen molar-refractivity contribution < 1.29 is 14.3 Å². The van der Waals surface area contributed by atoms with Gasteiger partial charge in [0.2, 0.25) is 0 Å². The van der Waals surface area contributed by atoms with Gasteiger partial charge < -0.3 is 15.0 Å². The van der Waals surface area contributed by atoms with Gasteiger partial charge in [0.05, 0.1) is 5.69 Å². The van der Waals surface area contributed by atoms with Gasteiger partial charge in [0.15, 0.2) is 6.61 Å². The molecule has 0 saturated heterocycles. The van der Waals surface area contributed by atoms with Crippen molar-refractivity contribution in [1.29, 1.82) is 0 Å².